The maximum absolute atomic E-state index is 14.1. The van der Waals surface area contributed by atoms with Gasteiger partial charge in [0.15, 0.2) is 0 Å². The second kappa shape index (κ2) is 7.42. The van der Waals surface area contributed by atoms with E-state index in [1.807, 2.05) is 26.0 Å². The summed E-state index contributed by atoms with van der Waals surface area (Å²) in [6.45, 7) is 4.57. The number of benzene rings is 1. The molecule has 0 radical (unpaired) electrons. The quantitative estimate of drug-likeness (QED) is 0.771. The van der Waals surface area contributed by atoms with Crippen molar-refractivity contribution < 1.29 is 14.3 Å². The Kier molecular flexibility index (Phi) is 5.55. The second-order valence-corrected chi connectivity index (χ2v) is 6.44. The lowest BCUT2D eigenvalue weighted by molar-refractivity contribution is 0.0948. The van der Waals surface area contributed by atoms with E-state index in [4.69, 9.17) is 0 Å². The summed E-state index contributed by atoms with van der Waals surface area (Å²) in [6.07, 6.45) is 5.08. The third kappa shape index (κ3) is 4.66. The van der Waals surface area contributed by atoms with E-state index in [0.29, 0.717) is 17.8 Å². The molecule has 2 N–H and O–H groups in total. The summed E-state index contributed by atoms with van der Waals surface area (Å²) in [4.78, 5) is 12.1. The van der Waals surface area contributed by atoms with Crippen molar-refractivity contribution in [3.05, 3.63) is 54.1 Å². The average molecular weight is 318 g/mol. The Morgan fingerprint density at radius 2 is 2.00 bits per heavy atom. The van der Waals surface area contributed by atoms with Gasteiger partial charge < -0.3 is 15.0 Å². The summed E-state index contributed by atoms with van der Waals surface area (Å²) < 4.78 is 15.8. The van der Waals surface area contributed by atoms with Crippen LogP contribution in [0.3, 0.4) is 0 Å². The summed E-state index contributed by atoms with van der Waals surface area (Å²) in [5.74, 6) is -0.722. The molecule has 1 aromatic carbocycles. The van der Waals surface area contributed by atoms with Gasteiger partial charge in [0, 0.05) is 31.1 Å². The summed E-state index contributed by atoms with van der Waals surface area (Å²) in [5, 5.41) is 12.0. The van der Waals surface area contributed by atoms with Gasteiger partial charge in [0.05, 0.1) is 5.69 Å². The highest BCUT2D eigenvalue weighted by Crippen LogP contribution is 2.20. The third-order valence-electron chi connectivity index (χ3n) is 3.84. The molecule has 0 saturated carbocycles. The maximum Gasteiger partial charge on any atom is 0.251 e. The number of hydrogen-bond acceptors (Lipinski definition) is 2. The minimum atomic E-state index is -0.435. The van der Waals surface area contributed by atoms with Crippen LogP contribution < -0.4 is 5.32 Å². The van der Waals surface area contributed by atoms with E-state index in [1.165, 1.54) is 6.07 Å². The highest BCUT2D eigenvalue weighted by molar-refractivity contribution is 5.94. The van der Waals surface area contributed by atoms with Crippen molar-refractivity contribution in [1.82, 2.24) is 9.88 Å². The van der Waals surface area contributed by atoms with Gasteiger partial charge in [0.25, 0.3) is 5.91 Å². The van der Waals surface area contributed by atoms with E-state index < -0.39 is 5.82 Å². The molecule has 0 aliphatic rings. The van der Waals surface area contributed by atoms with Crippen LogP contribution in [0.2, 0.25) is 0 Å². The normalized spacial score (nSPS) is 11.5. The van der Waals surface area contributed by atoms with Gasteiger partial charge in [-0.05, 0) is 48.6 Å². The molecule has 0 aliphatic heterocycles. The number of rotatable bonds is 7. The van der Waals surface area contributed by atoms with Crippen LogP contribution in [-0.4, -0.2) is 28.7 Å². The number of aliphatic hydroxyl groups excluding tert-OH is 1. The predicted octanol–water partition coefficient (Wildman–Crippen LogP) is 3.14. The largest absolute Gasteiger partial charge is 0.396 e. The number of aromatic nitrogens is 1. The number of carbonyl (C=O) groups excluding carboxylic acids is 1. The molecule has 0 fully saturated rings. The minimum absolute atomic E-state index is 0.118. The number of halogens is 1. The van der Waals surface area contributed by atoms with Crippen molar-refractivity contribution in [2.75, 3.05) is 13.2 Å². The molecule has 124 valence electrons. The molecule has 0 saturated heterocycles. The van der Waals surface area contributed by atoms with Crippen LogP contribution >= 0.6 is 0 Å². The zero-order valence-electron chi connectivity index (χ0n) is 13.6. The summed E-state index contributed by atoms with van der Waals surface area (Å²) in [6, 6.07) is 8.09. The number of aliphatic hydroxyl groups is 1. The average Bonchev–Trinajstić information content (AvgIpc) is 3.05. The van der Waals surface area contributed by atoms with Crippen LogP contribution in [0.5, 0.6) is 0 Å². The monoisotopic (exact) mass is 318 g/mol. The fraction of sp³-hybridized carbons (Fsp3) is 0.389. The number of amides is 1. The summed E-state index contributed by atoms with van der Waals surface area (Å²) in [5.41, 5.74) is 0.575. The Morgan fingerprint density at radius 3 is 2.61 bits per heavy atom. The lowest BCUT2D eigenvalue weighted by Gasteiger charge is -2.21. The molecule has 2 aromatic rings. The Bertz CT molecular complexity index is 651. The van der Waals surface area contributed by atoms with E-state index in [-0.39, 0.29) is 17.9 Å². The number of nitrogens with zero attached hydrogens (tertiary/aromatic N) is 1. The first kappa shape index (κ1) is 17.2. The lowest BCUT2D eigenvalue weighted by Crippen LogP contribution is -2.26. The third-order valence-corrected chi connectivity index (χ3v) is 3.84. The number of hydrogen-bond donors (Lipinski definition) is 2. The van der Waals surface area contributed by atoms with Gasteiger partial charge in [-0.25, -0.2) is 4.39 Å². The van der Waals surface area contributed by atoms with Crippen LogP contribution in [0.1, 0.15) is 37.0 Å². The highest BCUT2D eigenvalue weighted by atomic mass is 19.1. The molecule has 1 aromatic heterocycles. The van der Waals surface area contributed by atoms with Crippen molar-refractivity contribution in [1.29, 1.82) is 0 Å². The first-order valence-corrected chi connectivity index (χ1v) is 7.75. The van der Waals surface area contributed by atoms with E-state index in [1.54, 1.807) is 29.1 Å². The molecular formula is C18H23FN2O2. The van der Waals surface area contributed by atoms with Crippen LogP contribution in [0, 0.1) is 11.2 Å². The fourth-order valence-corrected chi connectivity index (χ4v) is 2.30. The van der Waals surface area contributed by atoms with Crippen molar-refractivity contribution in [3.63, 3.8) is 0 Å². The van der Waals surface area contributed by atoms with E-state index in [2.05, 4.69) is 5.32 Å². The van der Waals surface area contributed by atoms with E-state index in [0.717, 1.165) is 12.8 Å². The van der Waals surface area contributed by atoms with Crippen LogP contribution in [0.25, 0.3) is 5.69 Å². The van der Waals surface area contributed by atoms with Gasteiger partial charge >= 0.3 is 0 Å². The molecule has 0 spiro atoms. The minimum Gasteiger partial charge on any atom is -0.396 e. The molecule has 23 heavy (non-hydrogen) atoms. The molecule has 4 nitrogen and oxygen atoms in total. The molecule has 5 heteroatoms. The molecule has 0 aliphatic carbocycles. The molecule has 1 heterocycles. The maximum atomic E-state index is 14.1. The highest BCUT2D eigenvalue weighted by Gasteiger charge is 2.16. The van der Waals surface area contributed by atoms with Gasteiger partial charge in [-0.3, -0.25) is 4.79 Å². The molecule has 0 unspecified atom stereocenters. The molecule has 2 rings (SSSR count). The van der Waals surface area contributed by atoms with Crippen LogP contribution in [0.4, 0.5) is 4.39 Å². The number of nitrogens with one attached hydrogen (secondary N) is 1. The van der Waals surface area contributed by atoms with Gasteiger partial charge in [0.2, 0.25) is 0 Å². The molecule has 0 bridgehead atoms. The first-order valence-electron chi connectivity index (χ1n) is 7.75. The SMILES string of the molecule is CC(C)(CO)CCCNC(=O)c1ccc(-n2cccc2)c(F)c1. The van der Waals surface area contributed by atoms with Crippen LogP contribution in [-0.2, 0) is 0 Å². The van der Waals surface area contributed by atoms with E-state index in [9.17, 15) is 14.3 Å². The van der Waals surface area contributed by atoms with Gasteiger partial charge in [-0.1, -0.05) is 13.8 Å². The summed E-state index contributed by atoms with van der Waals surface area (Å²) >= 11 is 0. The van der Waals surface area contributed by atoms with Gasteiger partial charge in [-0.15, -0.1) is 0 Å². The molecular weight excluding hydrogens is 295 g/mol. The fourth-order valence-electron chi connectivity index (χ4n) is 2.30. The van der Waals surface area contributed by atoms with Crippen molar-refractivity contribution in [2.24, 2.45) is 5.41 Å². The van der Waals surface area contributed by atoms with Gasteiger partial charge in [0.1, 0.15) is 5.82 Å². The topological polar surface area (TPSA) is 54.3 Å². The lowest BCUT2D eigenvalue weighted by atomic mass is 9.89. The smallest absolute Gasteiger partial charge is 0.251 e. The van der Waals surface area contributed by atoms with E-state index >= 15 is 0 Å². The Hall–Kier alpha value is -2.14. The Morgan fingerprint density at radius 1 is 1.30 bits per heavy atom. The van der Waals surface area contributed by atoms with Crippen molar-refractivity contribution in [3.8, 4) is 5.69 Å². The first-order chi connectivity index (χ1) is 10.9. The summed E-state index contributed by atoms with van der Waals surface area (Å²) in [7, 11) is 0. The molecule has 1 amide bonds. The second-order valence-electron chi connectivity index (χ2n) is 6.44. The Balaban J connectivity index is 1.92. The van der Waals surface area contributed by atoms with Gasteiger partial charge in [-0.2, -0.15) is 0 Å². The van der Waals surface area contributed by atoms with Crippen molar-refractivity contribution in [2.45, 2.75) is 26.7 Å². The zero-order chi connectivity index (χ0) is 16.9. The predicted molar refractivity (Wildman–Crippen MR) is 88.2 cm³/mol. The van der Waals surface area contributed by atoms with Crippen LogP contribution in [0.15, 0.2) is 42.7 Å². The zero-order valence-corrected chi connectivity index (χ0v) is 13.6. The van der Waals surface area contributed by atoms with Crippen molar-refractivity contribution >= 4 is 5.91 Å². The number of carbonyl (C=O) groups is 1. The Labute approximate surface area is 135 Å². The molecule has 0 atom stereocenters. The standard InChI is InChI=1S/C18H23FN2O2/c1-18(2,13-22)8-5-9-20-17(23)14-6-7-16(15(19)12-14)21-10-3-4-11-21/h3-4,6-7,10-12,22H,5,8-9,13H2,1-2H3,(H,20,23).